The highest BCUT2D eigenvalue weighted by Crippen LogP contribution is 2.36. The first-order valence-electron chi connectivity index (χ1n) is 8.15. The van der Waals surface area contributed by atoms with Crippen molar-refractivity contribution < 1.29 is 4.79 Å². The number of rotatable bonds is 4. The molecule has 0 saturated heterocycles. The lowest BCUT2D eigenvalue weighted by Crippen LogP contribution is -2.09. The van der Waals surface area contributed by atoms with Crippen molar-refractivity contribution in [3.63, 3.8) is 0 Å². The topological polar surface area (TPSA) is 32.3 Å². The highest BCUT2D eigenvalue weighted by atomic mass is 79.9. The van der Waals surface area contributed by atoms with Gasteiger partial charge >= 0.3 is 0 Å². The van der Waals surface area contributed by atoms with E-state index in [1.807, 2.05) is 74.6 Å². The van der Waals surface area contributed by atoms with E-state index in [2.05, 4.69) is 28.2 Å². The van der Waals surface area contributed by atoms with Gasteiger partial charge in [0.1, 0.15) is 0 Å². The van der Waals surface area contributed by atoms with Crippen LogP contribution in [0.2, 0.25) is 0 Å². The van der Waals surface area contributed by atoms with Crippen LogP contribution in [0.1, 0.15) is 21.5 Å². The van der Waals surface area contributed by atoms with Gasteiger partial charge in [0.05, 0.1) is 0 Å². The summed E-state index contributed by atoms with van der Waals surface area (Å²) in [5.41, 5.74) is 4.57. The molecule has 0 bridgehead atoms. The Morgan fingerprint density at radius 2 is 1.64 bits per heavy atom. The third-order valence-electron chi connectivity index (χ3n) is 4.48. The summed E-state index contributed by atoms with van der Waals surface area (Å²) in [6.07, 6.45) is 0. The third-order valence-corrected chi connectivity index (χ3v) is 5.14. The van der Waals surface area contributed by atoms with Crippen LogP contribution >= 0.6 is 15.9 Å². The molecule has 4 heteroatoms. The van der Waals surface area contributed by atoms with Crippen molar-refractivity contribution in [2.24, 2.45) is 0 Å². The molecule has 0 spiro atoms. The monoisotopic (exact) mass is 396 g/mol. The number of hydrogen-bond donors (Lipinski definition) is 1. The molecule has 0 aliphatic rings. The number of anilines is 2. The summed E-state index contributed by atoms with van der Waals surface area (Å²) in [7, 11) is 5.85. The van der Waals surface area contributed by atoms with Gasteiger partial charge in [-0.05, 0) is 48.9 Å². The van der Waals surface area contributed by atoms with E-state index in [1.165, 1.54) is 0 Å². The van der Waals surface area contributed by atoms with Crippen LogP contribution in [-0.4, -0.2) is 26.9 Å². The molecule has 0 unspecified atom stereocenters. The molecule has 0 amide bonds. The number of aryl methyl sites for hydroxylation is 1. The minimum absolute atomic E-state index is 0.0323. The van der Waals surface area contributed by atoms with Gasteiger partial charge in [-0.1, -0.05) is 28.1 Å². The summed E-state index contributed by atoms with van der Waals surface area (Å²) >= 11 is 3.63. The second kappa shape index (κ2) is 6.89. The van der Waals surface area contributed by atoms with Crippen molar-refractivity contribution in [2.45, 2.75) is 6.92 Å². The van der Waals surface area contributed by atoms with Crippen LogP contribution in [0, 0.1) is 6.92 Å². The van der Waals surface area contributed by atoms with Gasteiger partial charge < -0.3 is 10.2 Å². The Labute approximate surface area is 156 Å². The summed E-state index contributed by atoms with van der Waals surface area (Å²) in [6.45, 7) is 2.06. The second-order valence-electron chi connectivity index (χ2n) is 6.30. The van der Waals surface area contributed by atoms with Crippen LogP contribution in [0.25, 0.3) is 10.8 Å². The Balaban J connectivity index is 2.20. The average Bonchev–Trinajstić information content (AvgIpc) is 2.62. The molecule has 3 rings (SSSR count). The third kappa shape index (κ3) is 3.14. The molecular weight excluding hydrogens is 376 g/mol. The average molecular weight is 397 g/mol. The quantitative estimate of drug-likeness (QED) is 0.611. The standard InChI is InChI=1S/C21H21BrN2O/c1-13-5-10-16(20-18(23-2)12-11-17(22)19(13)20)21(25)14-6-8-15(9-7-14)24(3)4/h5-12,23H,1-4H3. The van der Waals surface area contributed by atoms with E-state index in [0.717, 1.165) is 32.2 Å². The minimum atomic E-state index is 0.0323. The van der Waals surface area contributed by atoms with E-state index >= 15 is 0 Å². The summed E-state index contributed by atoms with van der Waals surface area (Å²) in [5.74, 6) is 0.0323. The van der Waals surface area contributed by atoms with Crippen LogP contribution < -0.4 is 10.2 Å². The Hall–Kier alpha value is -2.33. The molecule has 0 saturated carbocycles. The second-order valence-corrected chi connectivity index (χ2v) is 7.15. The highest BCUT2D eigenvalue weighted by Gasteiger charge is 2.17. The highest BCUT2D eigenvalue weighted by molar-refractivity contribution is 9.10. The fourth-order valence-electron chi connectivity index (χ4n) is 3.08. The van der Waals surface area contributed by atoms with E-state index in [1.54, 1.807) is 0 Å². The Bertz CT molecular complexity index is 938. The van der Waals surface area contributed by atoms with Gasteiger partial charge in [0.2, 0.25) is 0 Å². The molecule has 25 heavy (non-hydrogen) atoms. The molecule has 0 aliphatic carbocycles. The molecule has 1 N–H and O–H groups in total. The summed E-state index contributed by atoms with van der Waals surface area (Å²) < 4.78 is 0.997. The Morgan fingerprint density at radius 3 is 2.24 bits per heavy atom. The zero-order chi connectivity index (χ0) is 18.1. The first kappa shape index (κ1) is 17.5. The maximum Gasteiger partial charge on any atom is 0.193 e. The van der Waals surface area contributed by atoms with E-state index in [-0.39, 0.29) is 5.78 Å². The number of benzene rings is 3. The largest absolute Gasteiger partial charge is 0.388 e. The first-order valence-corrected chi connectivity index (χ1v) is 8.95. The Morgan fingerprint density at radius 1 is 0.960 bits per heavy atom. The normalized spacial score (nSPS) is 10.8. The lowest BCUT2D eigenvalue weighted by atomic mass is 9.93. The molecule has 0 aliphatic heterocycles. The molecule has 3 aromatic carbocycles. The number of hydrogen-bond acceptors (Lipinski definition) is 3. The van der Waals surface area contributed by atoms with Gasteiger partial charge in [-0.15, -0.1) is 0 Å². The predicted molar refractivity (Wildman–Crippen MR) is 110 cm³/mol. The molecule has 0 radical (unpaired) electrons. The van der Waals surface area contributed by atoms with E-state index in [0.29, 0.717) is 11.1 Å². The molecular formula is C21H21BrN2O. The summed E-state index contributed by atoms with van der Waals surface area (Å²) in [4.78, 5) is 15.2. The molecule has 0 aromatic heterocycles. The van der Waals surface area contributed by atoms with E-state index in [9.17, 15) is 4.79 Å². The van der Waals surface area contributed by atoms with Crippen molar-refractivity contribution in [2.75, 3.05) is 31.4 Å². The van der Waals surface area contributed by atoms with Gasteiger partial charge in [0, 0.05) is 58.9 Å². The molecule has 3 nitrogen and oxygen atoms in total. The van der Waals surface area contributed by atoms with Crippen LogP contribution in [0.15, 0.2) is 53.0 Å². The van der Waals surface area contributed by atoms with Gasteiger partial charge in [-0.2, -0.15) is 0 Å². The number of halogens is 1. The smallest absolute Gasteiger partial charge is 0.193 e. The van der Waals surface area contributed by atoms with Crippen molar-refractivity contribution in [3.8, 4) is 0 Å². The predicted octanol–water partition coefficient (Wildman–Crippen LogP) is 5.25. The lowest BCUT2D eigenvalue weighted by molar-refractivity contribution is 0.104. The zero-order valence-electron chi connectivity index (χ0n) is 14.9. The van der Waals surface area contributed by atoms with Crippen LogP contribution in [0.5, 0.6) is 0 Å². The number of nitrogens with zero attached hydrogens (tertiary/aromatic N) is 1. The minimum Gasteiger partial charge on any atom is -0.388 e. The van der Waals surface area contributed by atoms with Crippen molar-refractivity contribution in [1.29, 1.82) is 0 Å². The van der Waals surface area contributed by atoms with Gasteiger partial charge in [0.25, 0.3) is 0 Å². The number of ketones is 1. The lowest BCUT2D eigenvalue weighted by Gasteiger charge is -2.15. The fourth-order valence-corrected chi connectivity index (χ4v) is 3.72. The number of nitrogens with one attached hydrogen (secondary N) is 1. The summed E-state index contributed by atoms with van der Waals surface area (Å²) in [6, 6.07) is 15.7. The van der Waals surface area contributed by atoms with Crippen molar-refractivity contribution in [1.82, 2.24) is 0 Å². The first-order chi connectivity index (χ1) is 11.9. The Kier molecular flexibility index (Phi) is 4.82. The van der Waals surface area contributed by atoms with Gasteiger partial charge in [0.15, 0.2) is 5.78 Å². The van der Waals surface area contributed by atoms with Crippen molar-refractivity contribution >= 4 is 43.9 Å². The maximum atomic E-state index is 13.2. The number of fused-ring (bicyclic) bond motifs is 1. The summed E-state index contributed by atoms with van der Waals surface area (Å²) in [5, 5.41) is 5.24. The SMILES string of the molecule is CNc1ccc(Br)c2c(C)ccc(C(=O)c3ccc(N(C)C)cc3)c12. The molecule has 0 heterocycles. The molecule has 0 atom stereocenters. The fraction of sp³-hybridized carbons (Fsp3) is 0.190. The van der Waals surface area contributed by atoms with Crippen LogP contribution in [-0.2, 0) is 0 Å². The van der Waals surface area contributed by atoms with Crippen LogP contribution in [0.4, 0.5) is 11.4 Å². The maximum absolute atomic E-state index is 13.2. The molecule has 0 fully saturated rings. The number of carbonyl (C=O) groups is 1. The van der Waals surface area contributed by atoms with Gasteiger partial charge in [-0.3, -0.25) is 4.79 Å². The van der Waals surface area contributed by atoms with E-state index in [4.69, 9.17) is 0 Å². The van der Waals surface area contributed by atoms with Crippen LogP contribution in [0.3, 0.4) is 0 Å². The molecule has 128 valence electrons. The van der Waals surface area contributed by atoms with Crippen molar-refractivity contribution in [3.05, 3.63) is 69.7 Å². The number of carbonyl (C=O) groups excluding carboxylic acids is 1. The zero-order valence-corrected chi connectivity index (χ0v) is 16.4. The molecule has 3 aromatic rings. The van der Waals surface area contributed by atoms with Gasteiger partial charge in [-0.25, -0.2) is 0 Å². The van der Waals surface area contributed by atoms with E-state index < -0.39 is 0 Å².